The van der Waals surface area contributed by atoms with Gasteiger partial charge in [0.2, 0.25) is 0 Å². The van der Waals surface area contributed by atoms with E-state index in [9.17, 15) is 4.39 Å². The fourth-order valence-electron chi connectivity index (χ4n) is 1.98. The predicted molar refractivity (Wildman–Crippen MR) is 100 cm³/mol. The number of nitrogens with zero attached hydrogens (tertiary/aromatic N) is 1. The van der Waals surface area contributed by atoms with Gasteiger partial charge in [-0.3, -0.25) is 0 Å². The topological polar surface area (TPSA) is 56.7 Å². The zero-order valence-electron chi connectivity index (χ0n) is 13.5. The molecule has 0 atom stereocenters. The molecule has 0 saturated carbocycles. The van der Waals surface area contributed by atoms with Gasteiger partial charge < -0.3 is 15.7 Å². The van der Waals surface area contributed by atoms with Gasteiger partial charge in [0, 0.05) is 13.1 Å². The number of phenols is 1. The van der Waals surface area contributed by atoms with Gasteiger partial charge in [0.25, 0.3) is 0 Å². The van der Waals surface area contributed by atoms with Crippen molar-refractivity contribution in [1.29, 1.82) is 0 Å². The number of guanidine groups is 1. The standard InChI is InChI=1S/C16H26FN3O.HI/c1-4-12(5-2)10-19-16(18-6-3)20-11-13-7-8-15(21)14(17)9-13;/h7-9,12,21H,4-6,10-11H2,1-3H3,(H2,18,19,20);1H. The van der Waals surface area contributed by atoms with Crippen molar-refractivity contribution in [2.24, 2.45) is 10.9 Å². The van der Waals surface area contributed by atoms with E-state index < -0.39 is 5.82 Å². The molecule has 0 radical (unpaired) electrons. The van der Waals surface area contributed by atoms with Crippen molar-refractivity contribution in [2.75, 3.05) is 13.1 Å². The minimum atomic E-state index is -0.613. The largest absolute Gasteiger partial charge is 0.505 e. The van der Waals surface area contributed by atoms with E-state index in [1.54, 1.807) is 6.07 Å². The second-order valence-electron chi connectivity index (χ2n) is 5.04. The van der Waals surface area contributed by atoms with Crippen molar-refractivity contribution >= 4 is 29.9 Å². The number of nitrogens with one attached hydrogen (secondary N) is 2. The van der Waals surface area contributed by atoms with Crippen LogP contribution in [0.25, 0.3) is 0 Å². The van der Waals surface area contributed by atoms with Crippen molar-refractivity contribution < 1.29 is 9.50 Å². The normalized spacial score (nSPS) is 11.2. The lowest BCUT2D eigenvalue weighted by molar-refractivity contribution is 0.432. The van der Waals surface area contributed by atoms with Crippen LogP contribution in [0.15, 0.2) is 23.2 Å². The van der Waals surface area contributed by atoms with Crippen molar-refractivity contribution in [3.63, 3.8) is 0 Å². The van der Waals surface area contributed by atoms with Crippen LogP contribution in [0.4, 0.5) is 4.39 Å². The van der Waals surface area contributed by atoms with Crippen LogP contribution in [0.1, 0.15) is 39.2 Å². The first-order valence-electron chi connectivity index (χ1n) is 7.60. The highest BCUT2D eigenvalue weighted by molar-refractivity contribution is 14.0. The van der Waals surface area contributed by atoms with Gasteiger partial charge >= 0.3 is 0 Å². The molecule has 3 N–H and O–H groups in total. The summed E-state index contributed by atoms with van der Waals surface area (Å²) < 4.78 is 13.3. The lowest BCUT2D eigenvalue weighted by Gasteiger charge is -2.16. The molecular formula is C16H27FIN3O. The fourth-order valence-corrected chi connectivity index (χ4v) is 1.98. The highest BCUT2D eigenvalue weighted by Gasteiger charge is 2.05. The van der Waals surface area contributed by atoms with Crippen LogP contribution in [-0.4, -0.2) is 24.2 Å². The van der Waals surface area contributed by atoms with Crippen LogP contribution in [-0.2, 0) is 6.54 Å². The van der Waals surface area contributed by atoms with E-state index in [0.717, 1.165) is 37.5 Å². The molecule has 0 bridgehead atoms. The summed E-state index contributed by atoms with van der Waals surface area (Å²) in [5.41, 5.74) is 0.727. The van der Waals surface area contributed by atoms with Crippen molar-refractivity contribution in [1.82, 2.24) is 10.6 Å². The van der Waals surface area contributed by atoms with Crippen molar-refractivity contribution in [3.05, 3.63) is 29.6 Å². The van der Waals surface area contributed by atoms with Crippen LogP contribution in [0.5, 0.6) is 5.75 Å². The quantitative estimate of drug-likeness (QED) is 0.357. The van der Waals surface area contributed by atoms with Gasteiger partial charge in [-0.15, -0.1) is 24.0 Å². The third kappa shape index (κ3) is 7.29. The smallest absolute Gasteiger partial charge is 0.191 e. The Bertz CT molecular complexity index is 465. The number of aromatic hydroxyl groups is 1. The molecule has 1 rings (SSSR count). The lowest BCUT2D eigenvalue weighted by Crippen LogP contribution is -2.39. The first-order valence-corrected chi connectivity index (χ1v) is 7.60. The predicted octanol–water partition coefficient (Wildman–Crippen LogP) is 3.64. The van der Waals surface area contributed by atoms with Gasteiger partial charge in [0.15, 0.2) is 17.5 Å². The van der Waals surface area contributed by atoms with Gasteiger partial charge in [0.05, 0.1) is 6.54 Å². The molecule has 22 heavy (non-hydrogen) atoms. The molecule has 0 spiro atoms. The lowest BCUT2D eigenvalue weighted by atomic mass is 10.0. The zero-order chi connectivity index (χ0) is 15.7. The first-order chi connectivity index (χ1) is 10.1. The van der Waals surface area contributed by atoms with E-state index in [2.05, 4.69) is 29.5 Å². The molecule has 1 aromatic carbocycles. The van der Waals surface area contributed by atoms with Crippen molar-refractivity contribution in [2.45, 2.75) is 40.2 Å². The summed E-state index contributed by atoms with van der Waals surface area (Å²) in [5, 5.41) is 15.7. The van der Waals surface area contributed by atoms with E-state index in [4.69, 9.17) is 5.11 Å². The number of benzene rings is 1. The van der Waals surface area contributed by atoms with Crippen molar-refractivity contribution in [3.8, 4) is 5.75 Å². The number of hydrogen-bond acceptors (Lipinski definition) is 2. The van der Waals surface area contributed by atoms with Gasteiger partial charge in [-0.1, -0.05) is 32.8 Å². The molecule has 0 amide bonds. The molecule has 0 saturated heterocycles. The monoisotopic (exact) mass is 423 g/mol. The molecule has 0 aromatic heterocycles. The average Bonchev–Trinajstić information content (AvgIpc) is 2.49. The van der Waals surface area contributed by atoms with Gasteiger partial charge in [-0.25, -0.2) is 9.38 Å². The Morgan fingerprint density at radius 2 is 1.91 bits per heavy atom. The van der Waals surface area contributed by atoms with E-state index in [1.807, 2.05) is 6.92 Å². The molecule has 6 heteroatoms. The SMILES string of the molecule is CCNC(=NCc1ccc(O)c(F)c1)NCC(CC)CC.I. The summed E-state index contributed by atoms with van der Waals surface area (Å²) >= 11 is 0. The third-order valence-corrected chi connectivity index (χ3v) is 3.49. The highest BCUT2D eigenvalue weighted by atomic mass is 127. The molecule has 4 nitrogen and oxygen atoms in total. The second-order valence-corrected chi connectivity index (χ2v) is 5.04. The third-order valence-electron chi connectivity index (χ3n) is 3.49. The summed E-state index contributed by atoms with van der Waals surface area (Å²) in [5.74, 6) is 0.414. The summed E-state index contributed by atoms with van der Waals surface area (Å²) in [4.78, 5) is 4.44. The molecule has 0 unspecified atom stereocenters. The molecule has 0 fully saturated rings. The molecule has 1 aromatic rings. The number of aliphatic imine (C=N–C) groups is 1. The minimum absolute atomic E-state index is 0. The highest BCUT2D eigenvalue weighted by Crippen LogP contribution is 2.16. The van der Waals surface area contributed by atoms with Crippen LogP contribution in [0.2, 0.25) is 0 Å². The number of hydrogen-bond donors (Lipinski definition) is 3. The summed E-state index contributed by atoms with van der Waals surface area (Å²) in [7, 11) is 0. The second kappa shape index (κ2) is 11.5. The van der Waals surface area contributed by atoms with E-state index in [1.165, 1.54) is 12.1 Å². The average molecular weight is 423 g/mol. The molecule has 0 aliphatic heterocycles. The Kier molecular flexibility index (Phi) is 11.0. The molecule has 126 valence electrons. The summed E-state index contributed by atoms with van der Waals surface area (Å²) in [6, 6.07) is 4.33. The maximum atomic E-state index is 13.3. The van der Waals surface area contributed by atoms with E-state index in [0.29, 0.717) is 12.5 Å². The van der Waals surface area contributed by atoms with Gasteiger partial charge in [0.1, 0.15) is 0 Å². The minimum Gasteiger partial charge on any atom is -0.505 e. The molecule has 0 aliphatic carbocycles. The Labute approximate surface area is 149 Å². The van der Waals surface area contributed by atoms with Crippen LogP contribution >= 0.6 is 24.0 Å². The Hall–Kier alpha value is -1.05. The maximum Gasteiger partial charge on any atom is 0.191 e. The number of rotatable bonds is 7. The molecular weight excluding hydrogens is 396 g/mol. The Morgan fingerprint density at radius 3 is 2.45 bits per heavy atom. The van der Waals surface area contributed by atoms with Crippen LogP contribution in [0.3, 0.4) is 0 Å². The first kappa shape index (κ1) is 20.9. The van der Waals surface area contributed by atoms with Gasteiger partial charge in [-0.2, -0.15) is 0 Å². The number of phenolic OH excluding ortho intramolecular Hbond substituents is 1. The Balaban J connectivity index is 0.00000441. The van der Waals surface area contributed by atoms with Gasteiger partial charge in [-0.05, 0) is 30.5 Å². The summed E-state index contributed by atoms with van der Waals surface area (Å²) in [6.45, 7) is 8.39. The van der Waals surface area contributed by atoms with E-state index in [-0.39, 0.29) is 29.7 Å². The maximum absolute atomic E-state index is 13.3. The summed E-state index contributed by atoms with van der Waals surface area (Å²) in [6.07, 6.45) is 2.26. The van der Waals surface area contributed by atoms with E-state index >= 15 is 0 Å². The fraction of sp³-hybridized carbons (Fsp3) is 0.562. The zero-order valence-corrected chi connectivity index (χ0v) is 15.9. The van der Waals surface area contributed by atoms with Crippen LogP contribution < -0.4 is 10.6 Å². The molecule has 0 aliphatic rings. The van der Waals surface area contributed by atoms with Crippen LogP contribution in [0, 0.1) is 11.7 Å². The molecule has 0 heterocycles. The number of halogens is 2. The Morgan fingerprint density at radius 1 is 1.23 bits per heavy atom.